The monoisotopic (exact) mass is 532 g/mol. The van der Waals surface area contributed by atoms with Crippen LogP contribution in [0.25, 0.3) is 11.3 Å². The number of carboxylic acids is 1. The Morgan fingerprint density at radius 2 is 1.86 bits per heavy atom. The maximum Gasteiger partial charge on any atom is 0.335 e. The van der Waals surface area contributed by atoms with Crippen LogP contribution in [0.2, 0.25) is 5.02 Å². The molecule has 1 aliphatic rings. The predicted octanol–water partition coefficient (Wildman–Crippen LogP) is 5.30. The van der Waals surface area contributed by atoms with Gasteiger partial charge in [0.1, 0.15) is 24.1 Å². The van der Waals surface area contributed by atoms with E-state index in [1.54, 1.807) is 35.4 Å². The standard InChI is InChI=1S/C27H21ClN4O4S/c28-19-10-9-16(26(34)35)14-18(19)21-11-12-22(36-21)25-24(20-8-4-5-13-29-20)31-27(37)32(25)15-23(33)30-17-6-2-1-3-7-17/h1-14,24-25H,15H2,(H,30,33)(H,31,37)(H,34,35)/t24-,25-/m1/s1. The molecule has 1 aliphatic heterocycles. The van der Waals surface area contributed by atoms with Gasteiger partial charge in [-0.3, -0.25) is 9.78 Å². The number of carbonyl (C=O) groups excluding carboxylic acids is 1. The van der Waals surface area contributed by atoms with Crippen LogP contribution < -0.4 is 10.6 Å². The molecule has 3 heterocycles. The fraction of sp³-hybridized carbons (Fsp3) is 0.111. The van der Waals surface area contributed by atoms with Crippen molar-refractivity contribution in [1.82, 2.24) is 15.2 Å². The number of furan rings is 1. The van der Waals surface area contributed by atoms with Gasteiger partial charge in [-0.2, -0.15) is 0 Å². The molecule has 1 saturated heterocycles. The van der Waals surface area contributed by atoms with Crippen LogP contribution >= 0.6 is 23.8 Å². The molecule has 0 radical (unpaired) electrons. The van der Waals surface area contributed by atoms with Crippen LogP contribution in [-0.4, -0.2) is 38.5 Å². The molecule has 2 aromatic heterocycles. The Bertz CT molecular complexity index is 1460. The Balaban J connectivity index is 1.49. The molecule has 0 bridgehead atoms. The van der Waals surface area contributed by atoms with E-state index in [1.165, 1.54) is 18.2 Å². The summed E-state index contributed by atoms with van der Waals surface area (Å²) < 4.78 is 6.22. The number of nitrogens with one attached hydrogen (secondary N) is 2. The number of carbonyl (C=O) groups is 2. The lowest BCUT2D eigenvalue weighted by atomic mass is 10.0. The molecule has 0 unspecified atom stereocenters. The number of aromatic carboxylic acids is 1. The highest BCUT2D eigenvalue weighted by Gasteiger charge is 2.42. The van der Waals surface area contributed by atoms with Crippen molar-refractivity contribution in [2.45, 2.75) is 12.1 Å². The average molecular weight is 533 g/mol. The lowest BCUT2D eigenvalue weighted by molar-refractivity contribution is -0.116. The lowest BCUT2D eigenvalue weighted by Gasteiger charge is -2.25. The minimum Gasteiger partial charge on any atom is -0.478 e. The molecule has 5 rings (SSSR count). The van der Waals surface area contributed by atoms with Crippen LogP contribution in [0.3, 0.4) is 0 Å². The highest BCUT2D eigenvalue weighted by Crippen LogP contribution is 2.41. The molecular formula is C27H21ClN4O4S. The predicted molar refractivity (Wildman–Crippen MR) is 143 cm³/mol. The number of para-hydroxylation sites is 1. The number of benzene rings is 2. The highest BCUT2D eigenvalue weighted by atomic mass is 35.5. The number of hydrogen-bond acceptors (Lipinski definition) is 5. The summed E-state index contributed by atoms with van der Waals surface area (Å²) in [6, 6.07) is 21.8. The van der Waals surface area contributed by atoms with Crippen LogP contribution in [0.15, 0.2) is 89.5 Å². The van der Waals surface area contributed by atoms with Crippen LogP contribution in [0.1, 0.15) is 33.9 Å². The number of carboxylic acid groups (broad SMARTS) is 1. The zero-order valence-electron chi connectivity index (χ0n) is 19.3. The molecule has 4 aromatic rings. The number of hydrogen-bond donors (Lipinski definition) is 3. The van der Waals surface area contributed by atoms with Gasteiger partial charge in [-0.25, -0.2) is 4.79 Å². The minimum atomic E-state index is -1.07. The number of anilines is 1. The van der Waals surface area contributed by atoms with E-state index in [1.807, 2.05) is 36.4 Å². The number of halogens is 1. The van der Waals surface area contributed by atoms with Crippen molar-refractivity contribution in [2.75, 3.05) is 11.9 Å². The topological polar surface area (TPSA) is 108 Å². The fourth-order valence-electron chi connectivity index (χ4n) is 4.27. The van der Waals surface area contributed by atoms with E-state index in [9.17, 15) is 14.7 Å². The zero-order chi connectivity index (χ0) is 25.9. The van der Waals surface area contributed by atoms with Gasteiger partial charge in [0.15, 0.2) is 5.11 Å². The normalized spacial score (nSPS) is 16.9. The molecule has 1 fully saturated rings. The first-order valence-electron chi connectivity index (χ1n) is 11.4. The number of nitrogens with zero attached hydrogens (tertiary/aromatic N) is 2. The van der Waals surface area contributed by atoms with Crippen LogP contribution in [0.4, 0.5) is 5.69 Å². The van der Waals surface area contributed by atoms with E-state index >= 15 is 0 Å². The van der Waals surface area contributed by atoms with Gasteiger partial charge in [-0.1, -0.05) is 35.9 Å². The summed E-state index contributed by atoms with van der Waals surface area (Å²) in [4.78, 5) is 30.7. The molecule has 2 atom stereocenters. The Morgan fingerprint density at radius 3 is 2.59 bits per heavy atom. The fourth-order valence-corrected chi connectivity index (χ4v) is 4.78. The van der Waals surface area contributed by atoms with Gasteiger partial charge in [0, 0.05) is 17.4 Å². The Labute approximate surface area is 222 Å². The second-order valence-corrected chi connectivity index (χ2v) is 9.16. The number of amides is 1. The van der Waals surface area contributed by atoms with Crippen LogP contribution in [0.5, 0.6) is 0 Å². The molecular weight excluding hydrogens is 512 g/mol. The van der Waals surface area contributed by atoms with Gasteiger partial charge in [0.2, 0.25) is 5.91 Å². The molecule has 2 aromatic carbocycles. The molecule has 1 amide bonds. The third kappa shape index (κ3) is 5.18. The quantitative estimate of drug-likeness (QED) is 0.275. The van der Waals surface area contributed by atoms with Crippen molar-refractivity contribution >= 4 is 46.5 Å². The first kappa shape index (κ1) is 24.5. The van der Waals surface area contributed by atoms with Crippen LogP contribution in [0, 0.1) is 0 Å². The molecule has 10 heteroatoms. The number of aromatic nitrogens is 1. The van der Waals surface area contributed by atoms with Crippen LogP contribution in [-0.2, 0) is 4.79 Å². The second-order valence-electron chi connectivity index (χ2n) is 8.37. The van der Waals surface area contributed by atoms with Crippen molar-refractivity contribution in [3.05, 3.63) is 107 Å². The SMILES string of the molecule is O=C(CN1C(=S)N[C@H](c2ccccn2)[C@H]1c1ccc(-c2cc(C(=O)O)ccc2Cl)o1)Nc1ccccc1. The summed E-state index contributed by atoms with van der Waals surface area (Å²) in [6.45, 7) is -0.0278. The van der Waals surface area contributed by atoms with Crippen molar-refractivity contribution in [3.63, 3.8) is 0 Å². The Hall–Kier alpha value is -4.21. The van der Waals surface area contributed by atoms with E-state index < -0.39 is 18.1 Å². The smallest absolute Gasteiger partial charge is 0.335 e. The number of pyridine rings is 1. The summed E-state index contributed by atoms with van der Waals surface area (Å²) in [7, 11) is 0. The van der Waals surface area contributed by atoms with Crippen molar-refractivity contribution in [1.29, 1.82) is 0 Å². The van der Waals surface area contributed by atoms with Gasteiger partial charge >= 0.3 is 5.97 Å². The van der Waals surface area contributed by atoms with E-state index in [2.05, 4.69) is 15.6 Å². The van der Waals surface area contributed by atoms with E-state index in [4.69, 9.17) is 28.2 Å². The first-order chi connectivity index (χ1) is 17.9. The number of rotatable bonds is 7. The molecule has 0 spiro atoms. The summed E-state index contributed by atoms with van der Waals surface area (Å²) in [6.07, 6.45) is 1.69. The molecule has 186 valence electrons. The van der Waals surface area contributed by atoms with E-state index in [0.717, 1.165) is 5.69 Å². The maximum atomic E-state index is 12.9. The second kappa shape index (κ2) is 10.4. The molecule has 0 saturated carbocycles. The van der Waals surface area contributed by atoms with Gasteiger partial charge in [0.05, 0.1) is 22.3 Å². The van der Waals surface area contributed by atoms with Crippen molar-refractivity contribution in [3.8, 4) is 11.3 Å². The van der Waals surface area contributed by atoms with Gasteiger partial charge in [-0.15, -0.1) is 0 Å². The van der Waals surface area contributed by atoms with E-state index in [0.29, 0.717) is 32.9 Å². The summed E-state index contributed by atoms with van der Waals surface area (Å²) in [5.41, 5.74) is 1.94. The molecule has 3 N–H and O–H groups in total. The van der Waals surface area contributed by atoms with Gasteiger partial charge in [0.25, 0.3) is 0 Å². The maximum absolute atomic E-state index is 12.9. The largest absolute Gasteiger partial charge is 0.478 e. The first-order valence-corrected chi connectivity index (χ1v) is 12.2. The van der Waals surface area contributed by atoms with E-state index in [-0.39, 0.29) is 18.0 Å². The lowest BCUT2D eigenvalue weighted by Crippen LogP contribution is -2.36. The summed E-state index contributed by atoms with van der Waals surface area (Å²) in [5, 5.41) is 16.3. The Kier molecular flexibility index (Phi) is 6.89. The van der Waals surface area contributed by atoms with Crippen molar-refractivity contribution in [2.24, 2.45) is 0 Å². The third-order valence-corrected chi connectivity index (χ3v) is 6.65. The molecule has 8 nitrogen and oxygen atoms in total. The number of thiocarbonyl (C=S) groups is 1. The summed E-state index contributed by atoms with van der Waals surface area (Å²) in [5.74, 6) is -0.399. The third-order valence-electron chi connectivity index (χ3n) is 5.97. The Morgan fingerprint density at radius 1 is 1.08 bits per heavy atom. The van der Waals surface area contributed by atoms with Gasteiger partial charge in [-0.05, 0) is 66.8 Å². The highest BCUT2D eigenvalue weighted by molar-refractivity contribution is 7.80. The molecule has 37 heavy (non-hydrogen) atoms. The average Bonchev–Trinajstić information content (AvgIpc) is 3.50. The van der Waals surface area contributed by atoms with Crippen molar-refractivity contribution < 1.29 is 19.1 Å². The zero-order valence-corrected chi connectivity index (χ0v) is 20.9. The summed E-state index contributed by atoms with van der Waals surface area (Å²) >= 11 is 12.0. The molecule has 0 aliphatic carbocycles. The minimum absolute atomic E-state index is 0.0278. The van der Waals surface area contributed by atoms with Gasteiger partial charge < -0.3 is 25.1 Å².